The summed E-state index contributed by atoms with van der Waals surface area (Å²) in [5.41, 5.74) is 1.37. The lowest BCUT2D eigenvalue weighted by Gasteiger charge is -2.07. The summed E-state index contributed by atoms with van der Waals surface area (Å²) in [6, 6.07) is 6.34. The molecule has 2 N–H and O–H groups in total. The summed E-state index contributed by atoms with van der Waals surface area (Å²) in [6.07, 6.45) is 1.02. The molecule has 0 spiro atoms. The fraction of sp³-hybridized carbons (Fsp3) is 0.143. The zero-order valence-corrected chi connectivity index (χ0v) is 11.0. The molecule has 104 valence electrons. The zero-order chi connectivity index (χ0) is 14.7. The van der Waals surface area contributed by atoms with E-state index in [-0.39, 0.29) is 11.3 Å². The van der Waals surface area contributed by atoms with Crippen LogP contribution in [0.4, 0.5) is 5.69 Å². The van der Waals surface area contributed by atoms with Gasteiger partial charge in [0.25, 0.3) is 5.91 Å². The maximum Gasteiger partial charge on any atom is 0.338 e. The second-order valence-electron chi connectivity index (χ2n) is 4.14. The molecule has 6 nitrogen and oxygen atoms in total. The zero-order valence-electron chi connectivity index (χ0n) is 11.0. The standard InChI is InChI=1S/C14H13NO5/c1-8-5-10(3-4-11(8)19-2)15-13(16)12-6-9(7-20-12)14(17)18/h3-7H,1-2H3,(H,15,16)(H,17,18). The Kier molecular flexibility index (Phi) is 3.74. The first-order valence-corrected chi connectivity index (χ1v) is 5.79. The number of aryl methyl sites for hydroxylation is 1. The molecule has 1 aromatic heterocycles. The summed E-state index contributed by atoms with van der Waals surface area (Å²) < 4.78 is 10.0. The second kappa shape index (κ2) is 5.48. The lowest BCUT2D eigenvalue weighted by atomic mass is 10.2. The van der Waals surface area contributed by atoms with E-state index in [0.29, 0.717) is 11.4 Å². The summed E-state index contributed by atoms with van der Waals surface area (Å²) in [6.45, 7) is 1.85. The Morgan fingerprint density at radius 3 is 2.60 bits per heavy atom. The average molecular weight is 275 g/mol. The van der Waals surface area contributed by atoms with Crippen molar-refractivity contribution in [2.75, 3.05) is 12.4 Å². The third kappa shape index (κ3) is 2.80. The molecule has 6 heteroatoms. The number of ether oxygens (including phenoxy) is 1. The largest absolute Gasteiger partial charge is 0.496 e. The first kappa shape index (κ1) is 13.7. The molecule has 0 unspecified atom stereocenters. The first-order valence-electron chi connectivity index (χ1n) is 5.79. The van der Waals surface area contributed by atoms with Crippen LogP contribution in [-0.4, -0.2) is 24.1 Å². The fourth-order valence-electron chi connectivity index (χ4n) is 1.72. The van der Waals surface area contributed by atoms with Crippen molar-refractivity contribution in [1.29, 1.82) is 0 Å². The van der Waals surface area contributed by atoms with Crippen LogP contribution in [0.25, 0.3) is 0 Å². The van der Waals surface area contributed by atoms with E-state index in [4.69, 9.17) is 14.3 Å². The number of carboxylic acids is 1. The molecule has 1 amide bonds. The topological polar surface area (TPSA) is 88.8 Å². The van der Waals surface area contributed by atoms with Gasteiger partial charge in [-0.2, -0.15) is 0 Å². The van der Waals surface area contributed by atoms with E-state index in [1.54, 1.807) is 25.3 Å². The molecule has 0 saturated carbocycles. The molecule has 0 aliphatic rings. The van der Waals surface area contributed by atoms with E-state index < -0.39 is 11.9 Å². The van der Waals surface area contributed by atoms with Gasteiger partial charge in [-0.05, 0) is 30.7 Å². The molecule has 0 atom stereocenters. The highest BCUT2D eigenvalue weighted by atomic mass is 16.5. The molecule has 2 rings (SSSR count). The molecular formula is C14H13NO5. The minimum absolute atomic E-state index is 0.0594. The smallest absolute Gasteiger partial charge is 0.338 e. The Labute approximate surface area is 115 Å². The highest BCUT2D eigenvalue weighted by molar-refractivity contribution is 6.03. The van der Waals surface area contributed by atoms with Crippen molar-refractivity contribution >= 4 is 17.6 Å². The normalized spacial score (nSPS) is 10.1. The summed E-state index contributed by atoms with van der Waals surface area (Å²) in [4.78, 5) is 22.6. The number of carbonyl (C=O) groups excluding carboxylic acids is 1. The molecule has 0 saturated heterocycles. The minimum atomic E-state index is -1.15. The van der Waals surface area contributed by atoms with Gasteiger partial charge in [0, 0.05) is 11.8 Å². The molecule has 1 heterocycles. The van der Waals surface area contributed by atoms with Gasteiger partial charge >= 0.3 is 5.97 Å². The Morgan fingerprint density at radius 1 is 1.30 bits per heavy atom. The number of nitrogens with one attached hydrogen (secondary N) is 1. The van der Waals surface area contributed by atoms with Gasteiger partial charge in [0.2, 0.25) is 0 Å². The second-order valence-corrected chi connectivity index (χ2v) is 4.14. The summed E-state index contributed by atoms with van der Waals surface area (Å²) in [5, 5.41) is 11.4. The predicted molar refractivity (Wildman–Crippen MR) is 71.4 cm³/mol. The number of furan rings is 1. The highest BCUT2D eigenvalue weighted by Gasteiger charge is 2.15. The van der Waals surface area contributed by atoms with Crippen LogP contribution in [0.15, 0.2) is 34.9 Å². The van der Waals surface area contributed by atoms with Crippen LogP contribution in [0.2, 0.25) is 0 Å². The van der Waals surface area contributed by atoms with Crippen molar-refractivity contribution in [3.63, 3.8) is 0 Å². The van der Waals surface area contributed by atoms with E-state index in [1.807, 2.05) is 6.92 Å². The maximum atomic E-state index is 11.9. The molecule has 0 radical (unpaired) electrons. The van der Waals surface area contributed by atoms with Gasteiger partial charge in [-0.15, -0.1) is 0 Å². The van der Waals surface area contributed by atoms with E-state index >= 15 is 0 Å². The summed E-state index contributed by atoms with van der Waals surface area (Å²) in [7, 11) is 1.57. The van der Waals surface area contributed by atoms with Crippen molar-refractivity contribution in [1.82, 2.24) is 0 Å². The van der Waals surface area contributed by atoms with Crippen LogP contribution in [0, 0.1) is 6.92 Å². The Hall–Kier alpha value is -2.76. The van der Waals surface area contributed by atoms with Crippen molar-refractivity contribution in [3.8, 4) is 5.75 Å². The van der Waals surface area contributed by atoms with E-state index in [0.717, 1.165) is 11.8 Å². The van der Waals surface area contributed by atoms with Crippen LogP contribution in [0.1, 0.15) is 26.5 Å². The molecule has 0 aliphatic heterocycles. The monoisotopic (exact) mass is 275 g/mol. The number of carbonyl (C=O) groups is 2. The van der Waals surface area contributed by atoms with Gasteiger partial charge in [0.05, 0.1) is 12.7 Å². The molecule has 0 aliphatic carbocycles. The number of benzene rings is 1. The molecule has 1 aromatic carbocycles. The number of amides is 1. The summed E-state index contributed by atoms with van der Waals surface area (Å²) >= 11 is 0. The van der Waals surface area contributed by atoms with Crippen LogP contribution in [-0.2, 0) is 0 Å². The van der Waals surface area contributed by atoms with E-state index in [1.165, 1.54) is 6.07 Å². The molecule has 0 fully saturated rings. The van der Waals surface area contributed by atoms with Crippen LogP contribution < -0.4 is 10.1 Å². The van der Waals surface area contributed by atoms with Crippen molar-refractivity contribution in [2.24, 2.45) is 0 Å². The number of rotatable bonds is 4. The third-order valence-electron chi connectivity index (χ3n) is 2.72. The van der Waals surface area contributed by atoms with Gasteiger partial charge in [-0.25, -0.2) is 4.79 Å². The Balaban J connectivity index is 2.14. The van der Waals surface area contributed by atoms with E-state index in [9.17, 15) is 9.59 Å². The lowest BCUT2D eigenvalue weighted by molar-refractivity contribution is 0.0696. The maximum absolute atomic E-state index is 11.9. The third-order valence-corrected chi connectivity index (χ3v) is 2.72. The Bertz CT molecular complexity index is 659. The summed E-state index contributed by atoms with van der Waals surface area (Å²) in [5.74, 6) is -1.000. The van der Waals surface area contributed by atoms with Crippen LogP contribution >= 0.6 is 0 Å². The molecule has 0 bridgehead atoms. The average Bonchev–Trinajstić information content (AvgIpc) is 2.88. The number of carboxylic acid groups (broad SMARTS) is 1. The SMILES string of the molecule is COc1ccc(NC(=O)c2cc(C(=O)O)co2)cc1C. The Morgan fingerprint density at radius 2 is 2.05 bits per heavy atom. The molecular weight excluding hydrogens is 262 g/mol. The van der Waals surface area contributed by atoms with Gasteiger partial charge in [-0.3, -0.25) is 4.79 Å². The first-order chi connectivity index (χ1) is 9.51. The van der Waals surface area contributed by atoms with Gasteiger partial charge in [0.1, 0.15) is 12.0 Å². The number of anilines is 1. The minimum Gasteiger partial charge on any atom is -0.496 e. The van der Waals surface area contributed by atoms with Crippen LogP contribution in [0.5, 0.6) is 5.75 Å². The van der Waals surface area contributed by atoms with Crippen LogP contribution in [0.3, 0.4) is 0 Å². The number of hydrogen-bond acceptors (Lipinski definition) is 4. The predicted octanol–water partition coefficient (Wildman–Crippen LogP) is 2.55. The van der Waals surface area contributed by atoms with Crippen molar-refractivity contribution < 1.29 is 23.8 Å². The molecule has 20 heavy (non-hydrogen) atoms. The number of methoxy groups -OCH3 is 1. The van der Waals surface area contributed by atoms with Gasteiger partial charge in [-0.1, -0.05) is 0 Å². The van der Waals surface area contributed by atoms with Gasteiger partial charge in [0.15, 0.2) is 5.76 Å². The number of aromatic carboxylic acids is 1. The lowest BCUT2D eigenvalue weighted by Crippen LogP contribution is -2.11. The molecule has 2 aromatic rings. The highest BCUT2D eigenvalue weighted by Crippen LogP contribution is 2.22. The quantitative estimate of drug-likeness (QED) is 0.895. The van der Waals surface area contributed by atoms with Crippen molar-refractivity contribution in [3.05, 3.63) is 47.4 Å². The fourth-order valence-corrected chi connectivity index (χ4v) is 1.72. The van der Waals surface area contributed by atoms with E-state index in [2.05, 4.69) is 5.32 Å². The van der Waals surface area contributed by atoms with Crippen molar-refractivity contribution in [2.45, 2.75) is 6.92 Å². The van der Waals surface area contributed by atoms with Gasteiger partial charge < -0.3 is 19.6 Å². The number of hydrogen-bond donors (Lipinski definition) is 2.